The van der Waals surface area contributed by atoms with Gasteiger partial charge in [-0.1, -0.05) is 6.92 Å². The second-order valence-electron chi connectivity index (χ2n) is 3.61. The van der Waals surface area contributed by atoms with Crippen LogP contribution < -0.4 is 0 Å². The highest BCUT2D eigenvalue weighted by Gasteiger charge is 2.15. The van der Waals surface area contributed by atoms with Crippen LogP contribution in [0.15, 0.2) is 16.7 Å². The monoisotopic (exact) mass is 225 g/mol. The molecule has 1 aromatic heterocycles. The number of aryl methyl sites for hydroxylation is 1. The Morgan fingerprint density at radius 1 is 1.58 bits per heavy atom. The third-order valence-corrected chi connectivity index (χ3v) is 2.90. The second-order valence-corrected chi connectivity index (χ2v) is 4.52. The molecule has 0 amide bonds. The zero-order valence-corrected chi connectivity index (χ0v) is 8.76. The summed E-state index contributed by atoms with van der Waals surface area (Å²) in [6, 6.07) is 2.21. The molecule has 64 valence electrons. The van der Waals surface area contributed by atoms with Crippen LogP contribution in [-0.2, 0) is 12.8 Å². The Bertz CT molecular complexity index is 296. The molecule has 0 saturated carbocycles. The van der Waals surface area contributed by atoms with Crippen LogP contribution in [0.5, 0.6) is 0 Å². The zero-order chi connectivity index (χ0) is 8.55. The van der Waals surface area contributed by atoms with Gasteiger partial charge in [0, 0.05) is 16.4 Å². The number of rotatable bonds is 0. The fourth-order valence-corrected chi connectivity index (χ4v) is 2.15. The Hall–Kier alpha value is -0.370. The van der Waals surface area contributed by atoms with Crippen molar-refractivity contribution in [1.29, 1.82) is 0 Å². The van der Waals surface area contributed by atoms with Gasteiger partial charge in [-0.2, -0.15) is 0 Å². The van der Waals surface area contributed by atoms with Gasteiger partial charge in [-0.25, -0.2) is 0 Å². The number of fused-ring (bicyclic) bond motifs is 1. The van der Waals surface area contributed by atoms with Crippen molar-refractivity contribution in [2.45, 2.75) is 26.2 Å². The highest BCUT2D eigenvalue weighted by atomic mass is 79.9. The molecule has 0 aromatic carbocycles. The number of halogens is 1. The van der Waals surface area contributed by atoms with Gasteiger partial charge in [-0.05, 0) is 52.7 Å². The quantitative estimate of drug-likeness (QED) is 0.662. The van der Waals surface area contributed by atoms with Gasteiger partial charge in [0.05, 0.1) is 0 Å². The summed E-state index contributed by atoms with van der Waals surface area (Å²) in [4.78, 5) is 4.41. The highest BCUT2D eigenvalue weighted by molar-refractivity contribution is 9.10. The van der Waals surface area contributed by atoms with Gasteiger partial charge >= 0.3 is 0 Å². The van der Waals surface area contributed by atoms with Crippen LogP contribution in [0.3, 0.4) is 0 Å². The van der Waals surface area contributed by atoms with E-state index in [0.717, 1.165) is 16.8 Å². The van der Waals surface area contributed by atoms with E-state index < -0.39 is 0 Å². The van der Waals surface area contributed by atoms with Crippen molar-refractivity contribution in [1.82, 2.24) is 4.98 Å². The molecule has 1 aliphatic carbocycles. The molecule has 1 nitrogen and oxygen atoms in total. The lowest BCUT2D eigenvalue weighted by molar-refractivity contribution is 0.493. The molecule has 1 atom stereocenters. The van der Waals surface area contributed by atoms with Gasteiger partial charge in [0.1, 0.15) is 0 Å². The number of nitrogens with zero attached hydrogens (tertiary/aromatic N) is 1. The molecular weight excluding hydrogens is 214 g/mol. The van der Waals surface area contributed by atoms with Crippen LogP contribution in [-0.4, -0.2) is 4.98 Å². The molecule has 2 rings (SSSR count). The number of hydrogen-bond acceptors (Lipinski definition) is 1. The van der Waals surface area contributed by atoms with Crippen molar-refractivity contribution < 1.29 is 0 Å². The van der Waals surface area contributed by atoms with Gasteiger partial charge in [0.15, 0.2) is 0 Å². The summed E-state index contributed by atoms with van der Waals surface area (Å²) in [5.41, 5.74) is 2.74. The fraction of sp³-hybridized carbons (Fsp3) is 0.500. The molecule has 0 aliphatic heterocycles. The summed E-state index contributed by atoms with van der Waals surface area (Å²) in [6.45, 7) is 2.31. The van der Waals surface area contributed by atoms with Crippen molar-refractivity contribution in [3.8, 4) is 0 Å². The Labute approximate surface area is 81.3 Å². The molecule has 12 heavy (non-hydrogen) atoms. The second kappa shape index (κ2) is 3.17. The molecule has 0 bridgehead atoms. The average molecular weight is 226 g/mol. The summed E-state index contributed by atoms with van der Waals surface area (Å²) >= 11 is 3.45. The molecule has 1 unspecified atom stereocenters. The smallest absolute Gasteiger partial charge is 0.0436 e. The molecule has 2 heteroatoms. The third kappa shape index (κ3) is 1.53. The van der Waals surface area contributed by atoms with Gasteiger partial charge < -0.3 is 0 Å². The highest BCUT2D eigenvalue weighted by Crippen LogP contribution is 2.25. The Balaban J connectivity index is 2.37. The van der Waals surface area contributed by atoms with E-state index in [1.54, 1.807) is 0 Å². The number of pyridine rings is 1. The van der Waals surface area contributed by atoms with Crippen molar-refractivity contribution in [3.63, 3.8) is 0 Å². The van der Waals surface area contributed by atoms with Gasteiger partial charge in [0.25, 0.3) is 0 Å². The van der Waals surface area contributed by atoms with E-state index >= 15 is 0 Å². The van der Waals surface area contributed by atoms with Crippen LogP contribution in [0.2, 0.25) is 0 Å². The summed E-state index contributed by atoms with van der Waals surface area (Å²) in [5, 5.41) is 0. The Morgan fingerprint density at radius 3 is 3.25 bits per heavy atom. The van der Waals surface area contributed by atoms with Crippen LogP contribution in [0.4, 0.5) is 0 Å². The first-order chi connectivity index (χ1) is 5.75. The van der Waals surface area contributed by atoms with E-state index in [-0.39, 0.29) is 0 Å². The molecule has 1 aromatic rings. The Kier molecular flexibility index (Phi) is 2.18. The number of aromatic nitrogens is 1. The first-order valence-corrected chi connectivity index (χ1v) is 5.18. The van der Waals surface area contributed by atoms with Crippen LogP contribution in [0, 0.1) is 5.92 Å². The van der Waals surface area contributed by atoms with Crippen molar-refractivity contribution >= 4 is 15.9 Å². The standard InChI is InChI=1S/C10H12BrN/c1-7-2-3-10-8(4-7)5-9(11)6-12-10/h5-7H,2-4H2,1H3. The van der Waals surface area contributed by atoms with Gasteiger partial charge in [0.2, 0.25) is 0 Å². The molecule has 0 saturated heterocycles. The lowest BCUT2D eigenvalue weighted by atomic mass is 9.88. The van der Waals surface area contributed by atoms with Gasteiger partial charge in [-0.3, -0.25) is 4.98 Å². The fourth-order valence-electron chi connectivity index (χ4n) is 1.77. The molecule has 1 aliphatic rings. The van der Waals surface area contributed by atoms with E-state index in [9.17, 15) is 0 Å². The Morgan fingerprint density at radius 2 is 2.42 bits per heavy atom. The predicted octanol–water partition coefficient (Wildman–Crippen LogP) is 2.97. The molecule has 0 radical (unpaired) electrons. The normalized spacial score (nSPS) is 22.0. The van der Waals surface area contributed by atoms with Crippen LogP contribution in [0.25, 0.3) is 0 Å². The zero-order valence-electron chi connectivity index (χ0n) is 7.18. The van der Waals surface area contributed by atoms with Crippen molar-refractivity contribution in [3.05, 3.63) is 28.0 Å². The maximum Gasteiger partial charge on any atom is 0.0436 e. The van der Waals surface area contributed by atoms with Crippen LogP contribution in [0.1, 0.15) is 24.6 Å². The SMILES string of the molecule is CC1CCc2ncc(Br)cc2C1. The van der Waals surface area contributed by atoms with Gasteiger partial charge in [-0.15, -0.1) is 0 Å². The maximum absolute atomic E-state index is 4.41. The average Bonchev–Trinajstić information content (AvgIpc) is 2.03. The molecule has 0 spiro atoms. The minimum Gasteiger partial charge on any atom is -0.260 e. The van der Waals surface area contributed by atoms with E-state index in [4.69, 9.17) is 0 Å². The largest absolute Gasteiger partial charge is 0.260 e. The topological polar surface area (TPSA) is 12.9 Å². The first kappa shape index (κ1) is 8.24. The predicted molar refractivity (Wildman–Crippen MR) is 53.1 cm³/mol. The maximum atomic E-state index is 4.41. The summed E-state index contributed by atoms with van der Waals surface area (Å²) in [7, 11) is 0. The summed E-state index contributed by atoms with van der Waals surface area (Å²) in [6.07, 6.45) is 5.54. The number of hydrogen-bond donors (Lipinski definition) is 0. The minimum atomic E-state index is 0.827. The first-order valence-electron chi connectivity index (χ1n) is 4.39. The lowest BCUT2D eigenvalue weighted by Gasteiger charge is -2.20. The van der Waals surface area contributed by atoms with E-state index in [2.05, 4.69) is 33.9 Å². The lowest BCUT2D eigenvalue weighted by Crippen LogP contribution is -2.12. The summed E-state index contributed by atoms with van der Waals surface area (Å²) < 4.78 is 1.11. The van der Waals surface area contributed by atoms with Crippen molar-refractivity contribution in [2.75, 3.05) is 0 Å². The molecular formula is C10H12BrN. The van der Waals surface area contributed by atoms with E-state index in [0.29, 0.717) is 0 Å². The molecule has 0 N–H and O–H groups in total. The molecule has 1 heterocycles. The van der Waals surface area contributed by atoms with E-state index in [1.807, 2.05) is 6.20 Å². The minimum absolute atomic E-state index is 0.827. The van der Waals surface area contributed by atoms with E-state index in [1.165, 1.54) is 24.1 Å². The molecule has 0 fully saturated rings. The third-order valence-electron chi connectivity index (χ3n) is 2.47. The summed E-state index contributed by atoms with van der Waals surface area (Å²) in [5.74, 6) is 0.827. The van der Waals surface area contributed by atoms with Crippen molar-refractivity contribution in [2.24, 2.45) is 5.92 Å². The van der Waals surface area contributed by atoms with Crippen LogP contribution >= 0.6 is 15.9 Å².